The second-order valence-electron chi connectivity index (χ2n) is 4.52. The summed E-state index contributed by atoms with van der Waals surface area (Å²) in [5.41, 5.74) is 2.89. The Labute approximate surface area is 84.3 Å². The Morgan fingerprint density at radius 3 is 2.14 bits per heavy atom. The van der Waals surface area contributed by atoms with Crippen molar-refractivity contribution in [2.75, 3.05) is 0 Å². The number of aliphatic hydroxyl groups is 1. The van der Waals surface area contributed by atoms with Gasteiger partial charge in [0.05, 0.1) is 5.76 Å². The molecule has 0 saturated heterocycles. The lowest BCUT2D eigenvalue weighted by atomic mass is 9.85. The second kappa shape index (κ2) is 2.72. The minimum absolute atomic E-state index is 0.0413. The molecular formula is C12H16O2. The molecule has 0 aromatic carbocycles. The average Bonchev–Trinajstić information content (AvgIpc) is 2.51. The monoisotopic (exact) mass is 192 g/mol. The highest BCUT2D eigenvalue weighted by molar-refractivity contribution is 6.01. The zero-order valence-corrected chi connectivity index (χ0v) is 9.09. The Balaban J connectivity index is 2.59. The first-order valence-electron chi connectivity index (χ1n) is 5.12. The van der Waals surface area contributed by atoms with E-state index in [-0.39, 0.29) is 23.5 Å². The number of ketones is 1. The maximum absolute atomic E-state index is 11.8. The molecule has 0 spiro atoms. The fraction of sp³-hybridized carbons (Fsp3) is 0.583. The molecule has 0 radical (unpaired) electrons. The summed E-state index contributed by atoms with van der Waals surface area (Å²) in [6.07, 6.45) is 0. The predicted molar refractivity (Wildman–Crippen MR) is 54.9 cm³/mol. The molecule has 0 bridgehead atoms. The van der Waals surface area contributed by atoms with Crippen LogP contribution in [0, 0.1) is 17.8 Å². The molecule has 3 unspecified atom stereocenters. The number of hydrogen-bond acceptors (Lipinski definition) is 2. The Morgan fingerprint density at radius 1 is 1.07 bits per heavy atom. The van der Waals surface area contributed by atoms with E-state index < -0.39 is 0 Å². The van der Waals surface area contributed by atoms with Gasteiger partial charge in [-0.15, -0.1) is 0 Å². The van der Waals surface area contributed by atoms with Gasteiger partial charge in [-0.3, -0.25) is 4.79 Å². The van der Waals surface area contributed by atoms with Gasteiger partial charge < -0.3 is 5.11 Å². The molecular weight excluding hydrogens is 176 g/mol. The Morgan fingerprint density at radius 2 is 1.64 bits per heavy atom. The molecule has 0 aliphatic heterocycles. The van der Waals surface area contributed by atoms with E-state index in [1.54, 1.807) is 0 Å². The van der Waals surface area contributed by atoms with Gasteiger partial charge in [0, 0.05) is 17.8 Å². The van der Waals surface area contributed by atoms with Crippen molar-refractivity contribution in [3.05, 3.63) is 22.5 Å². The van der Waals surface area contributed by atoms with Crippen LogP contribution in [0.3, 0.4) is 0 Å². The minimum Gasteiger partial charge on any atom is -0.512 e. The molecule has 2 aliphatic carbocycles. The van der Waals surface area contributed by atoms with Gasteiger partial charge in [0.15, 0.2) is 5.78 Å². The summed E-state index contributed by atoms with van der Waals surface area (Å²) in [5, 5.41) is 9.83. The van der Waals surface area contributed by atoms with Crippen molar-refractivity contribution in [3.8, 4) is 0 Å². The number of hydrogen-bond donors (Lipinski definition) is 1. The normalized spacial score (nSPS) is 37.1. The van der Waals surface area contributed by atoms with Crippen molar-refractivity contribution < 1.29 is 9.90 Å². The number of Topliss-reactive ketones (excluding diaryl/α,β-unsaturated/α-hetero) is 1. The molecule has 2 rings (SSSR count). The molecule has 0 saturated carbocycles. The third-order valence-electron chi connectivity index (χ3n) is 3.82. The molecule has 0 amide bonds. The van der Waals surface area contributed by atoms with E-state index in [9.17, 15) is 9.90 Å². The highest BCUT2D eigenvalue weighted by atomic mass is 16.3. The lowest BCUT2D eigenvalue weighted by molar-refractivity contribution is -0.118. The maximum Gasteiger partial charge on any atom is 0.162 e. The zero-order valence-electron chi connectivity index (χ0n) is 9.09. The summed E-state index contributed by atoms with van der Waals surface area (Å²) in [5.74, 6) is 1.11. The molecule has 76 valence electrons. The van der Waals surface area contributed by atoms with E-state index >= 15 is 0 Å². The molecule has 2 nitrogen and oxygen atoms in total. The van der Waals surface area contributed by atoms with Gasteiger partial charge in [-0.25, -0.2) is 0 Å². The lowest BCUT2D eigenvalue weighted by Gasteiger charge is -2.17. The van der Waals surface area contributed by atoms with Crippen LogP contribution in [-0.4, -0.2) is 10.9 Å². The molecule has 3 atom stereocenters. The molecule has 0 aromatic heterocycles. The SMILES string of the molecule is CC1=C(O)C(C)C2C1=C(C)C(=O)C2C. The van der Waals surface area contributed by atoms with Crippen molar-refractivity contribution in [2.24, 2.45) is 17.8 Å². The van der Waals surface area contributed by atoms with Crippen molar-refractivity contribution in [2.45, 2.75) is 27.7 Å². The van der Waals surface area contributed by atoms with Gasteiger partial charge in [0.2, 0.25) is 0 Å². The van der Waals surface area contributed by atoms with Crippen LogP contribution in [0.2, 0.25) is 0 Å². The van der Waals surface area contributed by atoms with Crippen LogP contribution in [0.5, 0.6) is 0 Å². The summed E-state index contributed by atoms with van der Waals surface area (Å²) in [6, 6.07) is 0. The third-order valence-corrected chi connectivity index (χ3v) is 3.82. The summed E-state index contributed by atoms with van der Waals surface area (Å²) in [7, 11) is 0. The van der Waals surface area contributed by atoms with Gasteiger partial charge in [-0.1, -0.05) is 13.8 Å². The van der Waals surface area contributed by atoms with E-state index in [2.05, 4.69) is 0 Å². The quantitative estimate of drug-likeness (QED) is 0.640. The van der Waals surface area contributed by atoms with Crippen LogP contribution in [0.1, 0.15) is 27.7 Å². The van der Waals surface area contributed by atoms with Crippen LogP contribution in [0.15, 0.2) is 22.5 Å². The highest BCUT2D eigenvalue weighted by Crippen LogP contribution is 2.50. The molecule has 0 aromatic rings. The van der Waals surface area contributed by atoms with Crippen molar-refractivity contribution in [1.82, 2.24) is 0 Å². The van der Waals surface area contributed by atoms with Crippen molar-refractivity contribution >= 4 is 5.78 Å². The Bertz CT molecular complexity index is 374. The molecule has 1 N–H and O–H groups in total. The van der Waals surface area contributed by atoms with Gasteiger partial charge >= 0.3 is 0 Å². The number of allylic oxidation sites excluding steroid dienone is 4. The first kappa shape index (κ1) is 9.50. The van der Waals surface area contributed by atoms with Gasteiger partial charge in [-0.2, -0.15) is 0 Å². The topological polar surface area (TPSA) is 37.3 Å². The van der Waals surface area contributed by atoms with Gasteiger partial charge in [-0.05, 0) is 30.6 Å². The van der Waals surface area contributed by atoms with Crippen molar-refractivity contribution in [1.29, 1.82) is 0 Å². The highest BCUT2D eigenvalue weighted by Gasteiger charge is 2.46. The average molecular weight is 192 g/mol. The Hall–Kier alpha value is -1.05. The third kappa shape index (κ3) is 0.887. The predicted octanol–water partition coefficient (Wildman–Crippen LogP) is 2.62. The molecule has 2 aliphatic rings. The van der Waals surface area contributed by atoms with Crippen LogP contribution < -0.4 is 0 Å². The van der Waals surface area contributed by atoms with E-state index in [4.69, 9.17) is 0 Å². The zero-order chi connectivity index (χ0) is 10.6. The fourth-order valence-electron chi connectivity index (χ4n) is 3.00. The maximum atomic E-state index is 11.8. The van der Waals surface area contributed by atoms with E-state index in [0.717, 1.165) is 16.7 Å². The minimum atomic E-state index is 0.0413. The van der Waals surface area contributed by atoms with E-state index in [1.807, 2.05) is 27.7 Å². The number of carbonyl (C=O) groups excluding carboxylic acids is 1. The van der Waals surface area contributed by atoms with Crippen LogP contribution in [0.4, 0.5) is 0 Å². The van der Waals surface area contributed by atoms with Crippen LogP contribution >= 0.6 is 0 Å². The summed E-state index contributed by atoms with van der Waals surface area (Å²) < 4.78 is 0. The smallest absolute Gasteiger partial charge is 0.162 e. The second-order valence-corrected chi connectivity index (χ2v) is 4.52. The first-order chi connectivity index (χ1) is 6.46. The fourth-order valence-corrected chi connectivity index (χ4v) is 3.00. The molecule has 0 heterocycles. The standard InChI is InChI=1S/C12H16O2/c1-5-9-6(2)12(14)8(4)10(9)7(3)11(5)13/h5-6,9,13H,1-4H3. The van der Waals surface area contributed by atoms with Crippen molar-refractivity contribution in [3.63, 3.8) is 0 Å². The van der Waals surface area contributed by atoms with E-state index in [0.29, 0.717) is 5.76 Å². The van der Waals surface area contributed by atoms with Gasteiger partial charge in [0.25, 0.3) is 0 Å². The van der Waals surface area contributed by atoms with E-state index in [1.165, 1.54) is 0 Å². The first-order valence-corrected chi connectivity index (χ1v) is 5.12. The molecule has 0 fully saturated rings. The summed E-state index contributed by atoms with van der Waals surface area (Å²) in [6.45, 7) is 7.75. The molecule has 14 heavy (non-hydrogen) atoms. The number of carbonyl (C=O) groups is 1. The van der Waals surface area contributed by atoms with Gasteiger partial charge in [0.1, 0.15) is 0 Å². The van der Waals surface area contributed by atoms with Crippen LogP contribution in [0.25, 0.3) is 0 Å². The lowest BCUT2D eigenvalue weighted by Crippen LogP contribution is -2.18. The number of aliphatic hydroxyl groups excluding tert-OH is 1. The summed E-state index contributed by atoms with van der Waals surface area (Å²) in [4.78, 5) is 11.8. The number of rotatable bonds is 0. The largest absolute Gasteiger partial charge is 0.512 e. The summed E-state index contributed by atoms with van der Waals surface area (Å²) >= 11 is 0. The number of fused-ring (bicyclic) bond motifs is 1. The molecule has 2 heteroatoms. The Kier molecular flexibility index (Phi) is 1.85. The van der Waals surface area contributed by atoms with Crippen LogP contribution in [-0.2, 0) is 4.79 Å².